The second kappa shape index (κ2) is 7.28. The Labute approximate surface area is 90.5 Å². The fourth-order valence-corrected chi connectivity index (χ4v) is 1.65. The third-order valence-corrected chi connectivity index (χ3v) is 2.59. The molecule has 1 nitrogen and oxygen atoms in total. The lowest BCUT2D eigenvalue weighted by molar-refractivity contribution is 0.356. The van der Waals surface area contributed by atoms with Crippen LogP contribution in [0.2, 0.25) is 0 Å². The molecule has 0 spiro atoms. The smallest absolute Gasteiger partial charge is 0.00104 e. The van der Waals surface area contributed by atoms with E-state index in [9.17, 15) is 0 Å². The lowest BCUT2D eigenvalue weighted by Crippen LogP contribution is -2.13. The highest BCUT2D eigenvalue weighted by atomic mass is 14.6. The van der Waals surface area contributed by atoms with Crippen molar-refractivity contribution in [3.8, 4) is 0 Å². The minimum absolute atomic E-state index is 0.393. The Morgan fingerprint density at radius 1 is 0.929 bits per heavy atom. The maximum Gasteiger partial charge on any atom is 0.00104 e. The van der Waals surface area contributed by atoms with Crippen LogP contribution in [0.5, 0.6) is 0 Å². The van der Waals surface area contributed by atoms with Crippen molar-refractivity contribution in [3.63, 3.8) is 0 Å². The minimum Gasteiger partial charge on any atom is -0.328 e. The van der Waals surface area contributed by atoms with Gasteiger partial charge >= 0.3 is 0 Å². The van der Waals surface area contributed by atoms with Gasteiger partial charge in [-0.1, -0.05) is 52.9 Å². The lowest BCUT2D eigenvalue weighted by Gasteiger charge is -2.17. The Morgan fingerprint density at radius 2 is 1.43 bits per heavy atom. The molecule has 0 aromatic carbocycles. The fraction of sp³-hybridized carbons (Fsp3) is 1.00. The molecule has 86 valence electrons. The number of hydrogen-bond donors (Lipinski definition) is 1. The maximum atomic E-state index is 5.69. The summed E-state index contributed by atoms with van der Waals surface area (Å²) in [5.41, 5.74) is 6.21. The molecule has 0 aromatic heterocycles. The van der Waals surface area contributed by atoms with Gasteiger partial charge in [0.2, 0.25) is 0 Å². The van der Waals surface area contributed by atoms with Gasteiger partial charge in [-0.05, 0) is 25.2 Å². The summed E-state index contributed by atoms with van der Waals surface area (Å²) in [6.45, 7) is 9.06. The average molecular weight is 199 g/mol. The number of unbranched alkanes of at least 4 members (excludes halogenated alkanes) is 4. The van der Waals surface area contributed by atoms with E-state index < -0.39 is 0 Å². The maximum absolute atomic E-state index is 5.69. The predicted molar refractivity (Wildman–Crippen MR) is 65.4 cm³/mol. The van der Waals surface area contributed by atoms with E-state index in [0.29, 0.717) is 11.5 Å². The normalized spacial score (nSPS) is 14.4. The van der Waals surface area contributed by atoms with Gasteiger partial charge in [0.05, 0.1) is 0 Å². The van der Waals surface area contributed by atoms with Crippen molar-refractivity contribution in [2.24, 2.45) is 11.1 Å². The van der Waals surface area contributed by atoms with Crippen molar-refractivity contribution >= 4 is 0 Å². The molecule has 0 heterocycles. The summed E-state index contributed by atoms with van der Waals surface area (Å²) in [6, 6.07) is 0.393. The number of rotatable bonds is 7. The standard InChI is InChI=1S/C13H29N/c1-12(14)10-8-6-5-7-9-11-13(2,3)4/h12H,5-11,14H2,1-4H3. The highest BCUT2D eigenvalue weighted by Crippen LogP contribution is 2.22. The fourth-order valence-electron chi connectivity index (χ4n) is 1.65. The summed E-state index contributed by atoms with van der Waals surface area (Å²) < 4.78 is 0. The quantitative estimate of drug-likeness (QED) is 0.613. The summed E-state index contributed by atoms with van der Waals surface area (Å²) in [7, 11) is 0. The lowest BCUT2D eigenvalue weighted by atomic mass is 9.89. The van der Waals surface area contributed by atoms with Crippen LogP contribution >= 0.6 is 0 Å². The third-order valence-electron chi connectivity index (χ3n) is 2.59. The van der Waals surface area contributed by atoms with Crippen molar-refractivity contribution in [1.82, 2.24) is 0 Å². The van der Waals surface area contributed by atoms with Gasteiger partial charge in [0, 0.05) is 6.04 Å². The van der Waals surface area contributed by atoms with Crippen LogP contribution in [-0.4, -0.2) is 6.04 Å². The van der Waals surface area contributed by atoms with Crippen LogP contribution in [0.3, 0.4) is 0 Å². The van der Waals surface area contributed by atoms with Crippen LogP contribution < -0.4 is 5.73 Å². The molecule has 0 bridgehead atoms. The van der Waals surface area contributed by atoms with Crippen LogP contribution in [0, 0.1) is 5.41 Å². The molecule has 0 aliphatic rings. The SMILES string of the molecule is CC(N)CCCCCCCC(C)(C)C. The zero-order chi connectivity index (χ0) is 11.0. The molecule has 0 amide bonds. The molecule has 0 aromatic rings. The molecule has 0 rings (SSSR count). The van der Waals surface area contributed by atoms with Crippen molar-refractivity contribution in [1.29, 1.82) is 0 Å². The first-order valence-electron chi connectivity index (χ1n) is 6.17. The topological polar surface area (TPSA) is 26.0 Å². The molecular weight excluding hydrogens is 170 g/mol. The van der Waals surface area contributed by atoms with Crippen LogP contribution in [0.1, 0.15) is 72.6 Å². The van der Waals surface area contributed by atoms with E-state index in [1.165, 1.54) is 44.9 Å². The van der Waals surface area contributed by atoms with Gasteiger partial charge in [0.25, 0.3) is 0 Å². The second-order valence-electron chi connectivity index (χ2n) is 5.84. The summed E-state index contributed by atoms with van der Waals surface area (Å²) in [5.74, 6) is 0. The first-order valence-corrected chi connectivity index (χ1v) is 6.17. The van der Waals surface area contributed by atoms with Crippen molar-refractivity contribution < 1.29 is 0 Å². The van der Waals surface area contributed by atoms with Gasteiger partial charge in [-0.2, -0.15) is 0 Å². The number of nitrogens with two attached hydrogens (primary N) is 1. The Hall–Kier alpha value is -0.0400. The van der Waals surface area contributed by atoms with E-state index in [1.54, 1.807) is 0 Å². The second-order valence-corrected chi connectivity index (χ2v) is 5.84. The summed E-state index contributed by atoms with van der Waals surface area (Å²) in [4.78, 5) is 0. The van der Waals surface area contributed by atoms with Gasteiger partial charge in [0.15, 0.2) is 0 Å². The molecule has 2 N–H and O–H groups in total. The Kier molecular flexibility index (Phi) is 7.26. The Morgan fingerprint density at radius 3 is 1.93 bits per heavy atom. The first kappa shape index (κ1) is 14.0. The zero-order valence-corrected chi connectivity index (χ0v) is 10.6. The average Bonchev–Trinajstić information content (AvgIpc) is 2.00. The van der Waals surface area contributed by atoms with E-state index in [4.69, 9.17) is 5.73 Å². The molecular formula is C13H29N. The van der Waals surface area contributed by atoms with Crippen LogP contribution in [0.25, 0.3) is 0 Å². The molecule has 1 heteroatoms. The van der Waals surface area contributed by atoms with E-state index >= 15 is 0 Å². The summed E-state index contributed by atoms with van der Waals surface area (Å²) in [5, 5.41) is 0. The van der Waals surface area contributed by atoms with E-state index in [0.717, 1.165) is 0 Å². The molecule has 0 saturated carbocycles. The summed E-state index contributed by atoms with van der Waals surface area (Å²) in [6.07, 6.45) is 9.42. The van der Waals surface area contributed by atoms with Gasteiger partial charge in [0.1, 0.15) is 0 Å². The Balaban J connectivity index is 3.07. The first-order chi connectivity index (χ1) is 6.42. The van der Waals surface area contributed by atoms with Crippen LogP contribution in [0.15, 0.2) is 0 Å². The molecule has 0 saturated heterocycles. The van der Waals surface area contributed by atoms with Crippen LogP contribution in [0.4, 0.5) is 0 Å². The van der Waals surface area contributed by atoms with Gasteiger partial charge in [-0.3, -0.25) is 0 Å². The predicted octanol–water partition coefficient (Wildman–Crippen LogP) is 4.11. The van der Waals surface area contributed by atoms with Crippen molar-refractivity contribution in [2.75, 3.05) is 0 Å². The van der Waals surface area contributed by atoms with Crippen molar-refractivity contribution in [2.45, 2.75) is 78.7 Å². The highest BCUT2D eigenvalue weighted by molar-refractivity contribution is 4.61. The molecule has 14 heavy (non-hydrogen) atoms. The zero-order valence-electron chi connectivity index (χ0n) is 10.6. The highest BCUT2D eigenvalue weighted by Gasteiger charge is 2.08. The minimum atomic E-state index is 0.393. The molecule has 1 unspecified atom stereocenters. The largest absolute Gasteiger partial charge is 0.328 e. The molecule has 1 atom stereocenters. The third kappa shape index (κ3) is 12.0. The van der Waals surface area contributed by atoms with Gasteiger partial charge in [-0.25, -0.2) is 0 Å². The molecule has 0 fully saturated rings. The van der Waals surface area contributed by atoms with Crippen LogP contribution in [-0.2, 0) is 0 Å². The summed E-state index contributed by atoms with van der Waals surface area (Å²) >= 11 is 0. The van der Waals surface area contributed by atoms with Gasteiger partial charge in [-0.15, -0.1) is 0 Å². The molecule has 0 radical (unpaired) electrons. The van der Waals surface area contributed by atoms with Gasteiger partial charge < -0.3 is 5.73 Å². The molecule has 0 aliphatic heterocycles. The van der Waals surface area contributed by atoms with E-state index in [-0.39, 0.29) is 0 Å². The monoisotopic (exact) mass is 199 g/mol. The number of hydrogen-bond acceptors (Lipinski definition) is 1. The van der Waals surface area contributed by atoms with E-state index in [2.05, 4.69) is 27.7 Å². The molecule has 0 aliphatic carbocycles. The van der Waals surface area contributed by atoms with Crippen molar-refractivity contribution in [3.05, 3.63) is 0 Å². The van der Waals surface area contributed by atoms with E-state index in [1.807, 2.05) is 0 Å². The Bertz CT molecular complexity index is 122.